The first-order valence-corrected chi connectivity index (χ1v) is 7.49. The van der Waals surface area contributed by atoms with E-state index >= 15 is 0 Å². The van der Waals surface area contributed by atoms with E-state index in [9.17, 15) is 4.79 Å². The zero-order valence-corrected chi connectivity index (χ0v) is 11.8. The van der Waals surface area contributed by atoms with E-state index in [0.29, 0.717) is 12.2 Å². The molecule has 2 aromatic rings. The molecule has 3 heteroatoms. The minimum atomic E-state index is 0.0588. The fraction of sp³-hybridized carbons (Fsp3) is 0.278. The van der Waals surface area contributed by atoms with Crippen LogP contribution in [0.3, 0.4) is 0 Å². The monoisotopic (exact) mass is 279 g/mol. The van der Waals surface area contributed by atoms with Gasteiger partial charge in [0, 0.05) is 17.8 Å². The highest BCUT2D eigenvalue weighted by atomic mass is 16.5. The molecule has 0 amide bonds. The summed E-state index contributed by atoms with van der Waals surface area (Å²) in [7, 11) is 0. The Kier molecular flexibility index (Phi) is 2.92. The van der Waals surface area contributed by atoms with Crippen LogP contribution in [0.4, 0.5) is 5.69 Å². The predicted octanol–water partition coefficient (Wildman–Crippen LogP) is 3.21. The van der Waals surface area contributed by atoms with Crippen molar-refractivity contribution < 1.29 is 9.53 Å². The summed E-state index contributed by atoms with van der Waals surface area (Å²) in [6.45, 7) is 1.65. The molecule has 2 heterocycles. The number of anilines is 1. The van der Waals surface area contributed by atoms with Crippen molar-refractivity contribution in [2.75, 3.05) is 18.5 Å². The molecule has 0 bridgehead atoms. The Morgan fingerprint density at radius 1 is 1.10 bits per heavy atom. The van der Waals surface area contributed by atoms with Gasteiger partial charge in [-0.15, -0.1) is 0 Å². The van der Waals surface area contributed by atoms with Crippen molar-refractivity contribution in [1.29, 1.82) is 0 Å². The number of ketones is 1. The number of ether oxygens (including phenoxy) is 1. The molecule has 0 aromatic heterocycles. The third-order valence-corrected chi connectivity index (χ3v) is 4.26. The van der Waals surface area contributed by atoms with Gasteiger partial charge in [0.15, 0.2) is 5.78 Å². The lowest BCUT2D eigenvalue weighted by atomic mass is 9.95. The van der Waals surface area contributed by atoms with Crippen LogP contribution in [0.25, 0.3) is 0 Å². The summed E-state index contributed by atoms with van der Waals surface area (Å²) in [6.07, 6.45) is 3.00. The Labute approximate surface area is 123 Å². The first-order valence-electron chi connectivity index (χ1n) is 7.49. The summed E-state index contributed by atoms with van der Waals surface area (Å²) < 4.78 is 5.76. The zero-order chi connectivity index (χ0) is 14.2. The van der Waals surface area contributed by atoms with Crippen molar-refractivity contribution in [3.05, 3.63) is 58.7 Å². The van der Waals surface area contributed by atoms with Crippen LogP contribution in [0.15, 0.2) is 36.4 Å². The molecule has 0 saturated carbocycles. The van der Waals surface area contributed by atoms with Crippen molar-refractivity contribution in [3.63, 3.8) is 0 Å². The summed E-state index contributed by atoms with van der Waals surface area (Å²) in [5.41, 5.74) is 4.97. The van der Waals surface area contributed by atoms with Crippen LogP contribution in [0.2, 0.25) is 0 Å². The Hall–Kier alpha value is -2.29. The lowest BCUT2D eigenvalue weighted by molar-refractivity contribution is 0.103. The van der Waals surface area contributed by atoms with Gasteiger partial charge < -0.3 is 10.1 Å². The Balaban J connectivity index is 1.75. The highest BCUT2D eigenvalue weighted by Gasteiger charge is 2.21. The van der Waals surface area contributed by atoms with Gasteiger partial charge in [0.25, 0.3) is 0 Å². The smallest absolute Gasteiger partial charge is 0.196 e. The minimum Gasteiger partial charge on any atom is -0.493 e. The molecule has 3 nitrogen and oxygen atoms in total. The number of carbonyl (C=O) groups is 1. The first kappa shape index (κ1) is 12.5. The summed E-state index contributed by atoms with van der Waals surface area (Å²) in [6, 6.07) is 11.8. The van der Waals surface area contributed by atoms with E-state index in [0.717, 1.165) is 48.4 Å². The number of nitrogens with one attached hydrogen (secondary N) is 1. The van der Waals surface area contributed by atoms with E-state index in [2.05, 4.69) is 11.4 Å². The van der Waals surface area contributed by atoms with Gasteiger partial charge >= 0.3 is 0 Å². The van der Waals surface area contributed by atoms with Crippen molar-refractivity contribution in [2.24, 2.45) is 0 Å². The lowest BCUT2D eigenvalue weighted by Crippen LogP contribution is -2.13. The molecule has 21 heavy (non-hydrogen) atoms. The number of carbonyl (C=O) groups excluding carboxylic acids is 1. The summed E-state index contributed by atoms with van der Waals surface area (Å²) in [5, 5.41) is 3.32. The van der Waals surface area contributed by atoms with Gasteiger partial charge in [0.1, 0.15) is 5.75 Å². The average molecular weight is 279 g/mol. The molecule has 4 rings (SSSR count). The number of aryl methyl sites for hydroxylation is 1. The van der Waals surface area contributed by atoms with E-state index in [-0.39, 0.29) is 5.78 Å². The molecule has 2 aliphatic rings. The lowest BCUT2D eigenvalue weighted by Gasteiger charge is -2.19. The van der Waals surface area contributed by atoms with Crippen LogP contribution in [0, 0.1) is 0 Å². The van der Waals surface area contributed by atoms with E-state index in [1.807, 2.05) is 30.3 Å². The largest absolute Gasteiger partial charge is 0.493 e. The topological polar surface area (TPSA) is 38.3 Å². The molecule has 0 unspecified atom stereocenters. The Morgan fingerprint density at radius 3 is 3.00 bits per heavy atom. The SMILES string of the molecule is O=C(c1ccc2c(c1)CCN2)c1cccc2c1OCCC2. The maximum Gasteiger partial charge on any atom is 0.196 e. The second kappa shape index (κ2) is 4.92. The number of hydrogen-bond acceptors (Lipinski definition) is 3. The van der Waals surface area contributed by atoms with Gasteiger partial charge in [-0.3, -0.25) is 4.79 Å². The fourth-order valence-electron chi connectivity index (χ4n) is 3.17. The van der Waals surface area contributed by atoms with Crippen LogP contribution >= 0.6 is 0 Å². The Morgan fingerprint density at radius 2 is 2.05 bits per heavy atom. The van der Waals surface area contributed by atoms with Crippen LogP contribution in [0.5, 0.6) is 5.75 Å². The van der Waals surface area contributed by atoms with Gasteiger partial charge in [0.2, 0.25) is 0 Å². The summed E-state index contributed by atoms with van der Waals surface area (Å²) in [4.78, 5) is 12.8. The number of fused-ring (bicyclic) bond motifs is 2. The number of rotatable bonds is 2. The van der Waals surface area contributed by atoms with Crippen LogP contribution < -0.4 is 10.1 Å². The van der Waals surface area contributed by atoms with E-state index in [1.54, 1.807) is 0 Å². The average Bonchev–Trinajstić information content (AvgIpc) is 3.01. The molecule has 0 radical (unpaired) electrons. The van der Waals surface area contributed by atoms with Gasteiger partial charge in [-0.2, -0.15) is 0 Å². The van der Waals surface area contributed by atoms with Crippen molar-refractivity contribution >= 4 is 11.5 Å². The molecule has 106 valence electrons. The van der Waals surface area contributed by atoms with E-state index in [4.69, 9.17) is 4.74 Å². The second-order valence-corrected chi connectivity index (χ2v) is 5.62. The molecule has 0 atom stereocenters. The summed E-state index contributed by atoms with van der Waals surface area (Å²) >= 11 is 0. The summed E-state index contributed by atoms with van der Waals surface area (Å²) in [5.74, 6) is 0.843. The minimum absolute atomic E-state index is 0.0588. The van der Waals surface area contributed by atoms with E-state index in [1.165, 1.54) is 5.56 Å². The van der Waals surface area contributed by atoms with Gasteiger partial charge in [-0.05, 0) is 54.7 Å². The Bertz CT molecular complexity index is 721. The fourth-order valence-corrected chi connectivity index (χ4v) is 3.17. The number of para-hydroxylation sites is 1. The van der Waals surface area contributed by atoms with Crippen LogP contribution in [-0.4, -0.2) is 18.9 Å². The predicted molar refractivity (Wildman–Crippen MR) is 82.3 cm³/mol. The van der Waals surface area contributed by atoms with Crippen LogP contribution in [0.1, 0.15) is 33.5 Å². The van der Waals surface area contributed by atoms with E-state index < -0.39 is 0 Å². The highest BCUT2D eigenvalue weighted by Crippen LogP contribution is 2.31. The molecule has 2 aromatic carbocycles. The highest BCUT2D eigenvalue weighted by molar-refractivity contribution is 6.11. The second-order valence-electron chi connectivity index (χ2n) is 5.62. The normalized spacial score (nSPS) is 15.6. The van der Waals surface area contributed by atoms with Gasteiger partial charge in [-0.1, -0.05) is 12.1 Å². The first-order chi connectivity index (χ1) is 10.3. The van der Waals surface area contributed by atoms with Gasteiger partial charge in [0.05, 0.1) is 12.2 Å². The van der Waals surface area contributed by atoms with Crippen molar-refractivity contribution in [1.82, 2.24) is 0 Å². The quantitative estimate of drug-likeness (QED) is 0.858. The molecule has 0 saturated heterocycles. The van der Waals surface area contributed by atoms with Gasteiger partial charge in [-0.25, -0.2) is 0 Å². The molecule has 0 fully saturated rings. The molecule has 0 aliphatic carbocycles. The standard InChI is InChI=1S/C18H17NO2/c20-17(14-6-7-16-13(11-14)8-9-19-16)15-5-1-3-12-4-2-10-21-18(12)15/h1,3,5-7,11,19H,2,4,8-10H2. The zero-order valence-electron chi connectivity index (χ0n) is 11.8. The molecule has 0 spiro atoms. The maximum atomic E-state index is 12.8. The molecular formula is C18H17NO2. The molecule has 2 aliphatic heterocycles. The number of hydrogen-bond donors (Lipinski definition) is 1. The number of benzene rings is 2. The third-order valence-electron chi connectivity index (χ3n) is 4.26. The van der Waals surface area contributed by atoms with Crippen molar-refractivity contribution in [3.8, 4) is 5.75 Å². The van der Waals surface area contributed by atoms with Crippen LogP contribution in [-0.2, 0) is 12.8 Å². The third kappa shape index (κ3) is 2.09. The molecule has 1 N–H and O–H groups in total. The maximum absolute atomic E-state index is 12.8. The van der Waals surface area contributed by atoms with Crippen molar-refractivity contribution in [2.45, 2.75) is 19.3 Å². The molecular weight excluding hydrogens is 262 g/mol.